The van der Waals surface area contributed by atoms with Gasteiger partial charge in [-0.2, -0.15) is 0 Å². The Balaban J connectivity index is 2.14. The van der Waals surface area contributed by atoms with Crippen LogP contribution in [0, 0.1) is 17.3 Å². The van der Waals surface area contributed by atoms with E-state index in [0.717, 1.165) is 19.3 Å². The molecule has 1 fully saturated rings. The maximum atomic E-state index is 12.7. The molecule has 0 aromatic heterocycles. The lowest BCUT2D eigenvalue weighted by atomic mass is 9.68. The Morgan fingerprint density at radius 2 is 1.91 bits per heavy atom. The van der Waals surface area contributed by atoms with Crippen LogP contribution >= 0.6 is 0 Å². The number of carbonyl (C=O) groups is 1. The van der Waals surface area contributed by atoms with E-state index >= 15 is 0 Å². The highest BCUT2D eigenvalue weighted by atomic mass is 32.2. The lowest BCUT2D eigenvalue weighted by Crippen LogP contribution is -2.35. The molecule has 0 saturated heterocycles. The molecule has 0 unspecified atom stereocenters. The summed E-state index contributed by atoms with van der Waals surface area (Å²) in [5, 5.41) is 2.96. The fraction of sp³-hybridized carbons (Fsp3) is 0.611. The minimum atomic E-state index is -3.14. The molecule has 5 heteroatoms. The lowest BCUT2D eigenvalue weighted by molar-refractivity contribution is -0.122. The Hall–Kier alpha value is -1.36. The van der Waals surface area contributed by atoms with Gasteiger partial charge in [-0.05, 0) is 42.2 Å². The zero-order valence-corrected chi connectivity index (χ0v) is 15.2. The van der Waals surface area contributed by atoms with Gasteiger partial charge in [0, 0.05) is 17.9 Å². The second-order valence-electron chi connectivity index (χ2n) is 7.83. The molecule has 23 heavy (non-hydrogen) atoms. The highest BCUT2D eigenvalue weighted by molar-refractivity contribution is 7.89. The van der Waals surface area contributed by atoms with E-state index in [-0.39, 0.29) is 23.0 Å². The molecule has 1 saturated carbocycles. The van der Waals surface area contributed by atoms with Crippen LogP contribution in [0.25, 0.3) is 0 Å². The standard InChI is InChI=1S/C18H27NO3S/c1-13-9-15(11-18(2,3)10-13)17(20)19-16-8-6-5-7-14(16)12-23(4,21)22/h5-8,13,15H,9-12H2,1-4H3,(H,19,20)/t13-,15-/m0/s1. The summed E-state index contributed by atoms with van der Waals surface area (Å²) in [5.41, 5.74) is 1.43. The molecule has 1 aliphatic rings. The van der Waals surface area contributed by atoms with Gasteiger partial charge in [-0.3, -0.25) is 4.79 Å². The number of anilines is 1. The molecule has 1 aromatic carbocycles. The van der Waals surface area contributed by atoms with Crippen LogP contribution < -0.4 is 5.32 Å². The molecule has 4 nitrogen and oxygen atoms in total. The first-order valence-electron chi connectivity index (χ1n) is 8.12. The van der Waals surface area contributed by atoms with Gasteiger partial charge in [0.25, 0.3) is 0 Å². The average molecular weight is 337 g/mol. The molecule has 0 aliphatic heterocycles. The summed E-state index contributed by atoms with van der Waals surface area (Å²) in [5.74, 6) is 0.460. The molecule has 0 spiro atoms. The van der Waals surface area contributed by atoms with Crippen molar-refractivity contribution in [2.45, 2.75) is 45.8 Å². The molecular formula is C18H27NO3S. The van der Waals surface area contributed by atoms with Crippen molar-refractivity contribution in [2.75, 3.05) is 11.6 Å². The molecule has 0 heterocycles. The number of sulfone groups is 1. The van der Waals surface area contributed by atoms with Crippen LogP contribution in [0.2, 0.25) is 0 Å². The molecule has 2 atom stereocenters. The van der Waals surface area contributed by atoms with E-state index in [1.807, 2.05) is 6.07 Å². The number of hydrogen-bond donors (Lipinski definition) is 1. The third-order valence-corrected chi connectivity index (χ3v) is 5.29. The summed E-state index contributed by atoms with van der Waals surface area (Å²) in [6.07, 6.45) is 4.11. The monoisotopic (exact) mass is 337 g/mol. The van der Waals surface area contributed by atoms with Gasteiger partial charge in [-0.1, -0.05) is 39.0 Å². The number of amides is 1. The van der Waals surface area contributed by atoms with E-state index in [9.17, 15) is 13.2 Å². The topological polar surface area (TPSA) is 63.2 Å². The number of benzene rings is 1. The van der Waals surface area contributed by atoms with Gasteiger partial charge in [-0.25, -0.2) is 8.42 Å². The van der Waals surface area contributed by atoms with Crippen molar-refractivity contribution in [2.24, 2.45) is 17.3 Å². The van der Waals surface area contributed by atoms with Crippen LogP contribution in [0.15, 0.2) is 24.3 Å². The fourth-order valence-electron chi connectivity index (χ4n) is 3.83. The van der Waals surface area contributed by atoms with Crippen LogP contribution in [0.5, 0.6) is 0 Å². The third kappa shape index (κ3) is 5.34. The Labute approximate surface area is 139 Å². The molecule has 1 amide bonds. The predicted molar refractivity (Wildman–Crippen MR) is 93.9 cm³/mol. The first kappa shape index (κ1) is 18.0. The number of rotatable bonds is 4. The highest BCUT2D eigenvalue weighted by Crippen LogP contribution is 2.42. The average Bonchev–Trinajstić information content (AvgIpc) is 2.37. The Morgan fingerprint density at radius 1 is 1.26 bits per heavy atom. The number of carbonyl (C=O) groups excluding carboxylic acids is 1. The first-order chi connectivity index (χ1) is 10.6. The van der Waals surface area contributed by atoms with E-state index < -0.39 is 9.84 Å². The quantitative estimate of drug-likeness (QED) is 0.912. The van der Waals surface area contributed by atoms with Crippen molar-refractivity contribution in [1.29, 1.82) is 0 Å². The summed E-state index contributed by atoms with van der Waals surface area (Å²) in [4.78, 5) is 12.7. The molecule has 0 radical (unpaired) electrons. The van der Waals surface area contributed by atoms with Gasteiger partial charge < -0.3 is 5.32 Å². The van der Waals surface area contributed by atoms with E-state index in [0.29, 0.717) is 17.2 Å². The second kappa shape index (κ2) is 6.63. The van der Waals surface area contributed by atoms with Crippen molar-refractivity contribution in [1.82, 2.24) is 0 Å². The van der Waals surface area contributed by atoms with E-state index in [2.05, 4.69) is 26.1 Å². The highest BCUT2D eigenvalue weighted by Gasteiger charge is 2.35. The minimum absolute atomic E-state index is 0.00516. The number of nitrogens with one attached hydrogen (secondary N) is 1. The third-order valence-electron chi connectivity index (χ3n) is 4.45. The van der Waals surface area contributed by atoms with Gasteiger partial charge in [-0.15, -0.1) is 0 Å². The Kier molecular flexibility index (Phi) is 5.19. The van der Waals surface area contributed by atoms with Crippen molar-refractivity contribution >= 4 is 21.4 Å². The summed E-state index contributed by atoms with van der Waals surface area (Å²) in [7, 11) is -3.14. The molecule has 1 aromatic rings. The number of hydrogen-bond acceptors (Lipinski definition) is 3. The van der Waals surface area contributed by atoms with Gasteiger partial charge >= 0.3 is 0 Å². The van der Waals surface area contributed by atoms with Crippen molar-refractivity contribution in [3.8, 4) is 0 Å². The minimum Gasteiger partial charge on any atom is -0.326 e. The molecular weight excluding hydrogens is 310 g/mol. The summed E-state index contributed by atoms with van der Waals surface area (Å²) >= 11 is 0. The maximum absolute atomic E-state index is 12.7. The van der Waals surface area contributed by atoms with Crippen molar-refractivity contribution in [3.05, 3.63) is 29.8 Å². The Morgan fingerprint density at radius 3 is 2.52 bits per heavy atom. The predicted octanol–water partition coefficient (Wildman–Crippen LogP) is 3.63. The summed E-state index contributed by atoms with van der Waals surface area (Å²) < 4.78 is 23.1. The lowest BCUT2D eigenvalue weighted by Gasteiger charge is -2.38. The zero-order chi connectivity index (χ0) is 17.3. The van der Waals surface area contributed by atoms with Gasteiger partial charge in [0.15, 0.2) is 9.84 Å². The molecule has 128 valence electrons. The van der Waals surface area contributed by atoms with Crippen molar-refractivity contribution in [3.63, 3.8) is 0 Å². The fourth-order valence-corrected chi connectivity index (χ4v) is 4.65. The summed E-state index contributed by atoms with van der Waals surface area (Å²) in [6, 6.07) is 7.14. The smallest absolute Gasteiger partial charge is 0.227 e. The summed E-state index contributed by atoms with van der Waals surface area (Å²) in [6.45, 7) is 6.61. The largest absolute Gasteiger partial charge is 0.326 e. The van der Waals surface area contributed by atoms with Crippen LogP contribution in [0.3, 0.4) is 0 Å². The maximum Gasteiger partial charge on any atom is 0.227 e. The molecule has 1 N–H and O–H groups in total. The van der Waals surface area contributed by atoms with Gasteiger partial charge in [0.1, 0.15) is 0 Å². The second-order valence-corrected chi connectivity index (χ2v) is 9.97. The first-order valence-corrected chi connectivity index (χ1v) is 10.2. The van der Waals surface area contributed by atoms with Crippen molar-refractivity contribution < 1.29 is 13.2 Å². The normalized spacial score (nSPS) is 24.2. The van der Waals surface area contributed by atoms with E-state index in [1.165, 1.54) is 6.26 Å². The molecule has 2 rings (SSSR count). The van der Waals surface area contributed by atoms with Crippen LogP contribution in [-0.2, 0) is 20.4 Å². The van der Waals surface area contributed by atoms with Crippen LogP contribution in [0.1, 0.15) is 45.6 Å². The molecule has 1 aliphatic carbocycles. The molecule has 0 bridgehead atoms. The van der Waals surface area contributed by atoms with Gasteiger partial charge in [0.2, 0.25) is 5.91 Å². The van der Waals surface area contributed by atoms with Gasteiger partial charge in [0.05, 0.1) is 5.75 Å². The van der Waals surface area contributed by atoms with Crippen LogP contribution in [0.4, 0.5) is 5.69 Å². The Bertz CT molecular complexity index is 679. The van der Waals surface area contributed by atoms with E-state index in [4.69, 9.17) is 0 Å². The van der Waals surface area contributed by atoms with Crippen LogP contribution in [-0.4, -0.2) is 20.6 Å². The number of para-hydroxylation sites is 1. The SMILES string of the molecule is C[C@H]1C[C@H](C(=O)Nc2ccccc2CS(C)(=O)=O)CC(C)(C)C1. The van der Waals surface area contributed by atoms with E-state index in [1.54, 1.807) is 18.2 Å². The zero-order valence-electron chi connectivity index (χ0n) is 14.4.